The van der Waals surface area contributed by atoms with Gasteiger partial charge in [-0.1, -0.05) is 31.7 Å². The van der Waals surface area contributed by atoms with E-state index in [1.807, 2.05) is 19.1 Å². The summed E-state index contributed by atoms with van der Waals surface area (Å²) in [6, 6.07) is 6.11. The van der Waals surface area contributed by atoms with Gasteiger partial charge in [0.05, 0.1) is 0 Å². The summed E-state index contributed by atoms with van der Waals surface area (Å²) in [5, 5.41) is 11.2. The first-order valence-electron chi connectivity index (χ1n) is 5.51. The van der Waals surface area contributed by atoms with E-state index in [4.69, 9.17) is 11.1 Å². The van der Waals surface area contributed by atoms with E-state index in [0.29, 0.717) is 11.7 Å². The van der Waals surface area contributed by atoms with Gasteiger partial charge in [0.2, 0.25) is 0 Å². The van der Waals surface area contributed by atoms with Gasteiger partial charge in [0.15, 0.2) is 5.17 Å². The topological polar surface area (TPSA) is 61.9 Å². The second-order valence-corrected chi connectivity index (χ2v) is 4.70. The van der Waals surface area contributed by atoms with Crippen LogP contribution in [0.5, 0.6) is 0 Å². The number of amidine groups is 1. The molecule has 0 aliphatic carbocycles. The van der Waals surface area contributed by atoms with Crippen LogP contribution in [0.3, 0.4) is 0 Å². The number of hydrogen-bond acceptors (Lipinski definition) is 3. The summed E-state index contributed by atoms with van der Waals surface area (Å²) >= 11 is 1.49. The molecule has 4 heteroatoms. The van der Waals surface area contributed by atoms with Gasteiger partial charge in [0, 0.05) is 12.2 Å². The van der Waals surface area contributed by atoms with Gasteiger partial charge in [0.1, 0.15) is 0 Å². The normalized spacial score (nSPS) is 10.2. The van der Waals surface area contributed by atoms with Crippen molar-refractivity contribution in [2.75, 3.05) is 11.1 Å². The highest BCUT2D eigenvalue weighted by Gasteiger charge is 2.02. The smallest absolute Gasteiger partial charge is 0.158 e. The number of thioether (sulfide) groups is 1. The molecule has 0 saturated heterocycles. The maximum absolute atomic E-state index is 7.67. The molecule has 0 atom stereocenters. The molecule has 4 N–H and O–H groups in total. The summed E-state index contributed by atoms with van der Waals surface area (Å²) in [7, 11) is 0. The van der Waals surface area contributed by atoms with E-state index < -0.39 is 0 Å². The second kappa shape index (κ2) is 6.55. The van der Waals surface area contributed by atoms with Gasteiger partial charge >= 0.3 is 0 Å². The molecule has 1 aromatic rings. The largest absolute Gasteiger partial charge is 0.335 e. The molecule has 0 radical (unpaired) electrons. The maximum Gasteiger partial charge on any atom is 0.158 e. The molecule has 0 heterocycles. The average Bonchev–Trinajstić information content (AvgIpc) is 2.29. The van der Waals surface area contributed by atoms with Gasteiger partial charge in [-0.2, -0.15) is 0 Å². The highest BCUT2D eigenvalue weighted by Crippen LogP contribution is 2.17. The van der Waals surface area contributed by atoms with Crippen LogP contribution in [0, 0.1) is 5.41 Å². The van der Waals surface area contributed by atoms with Crippen molar-refractivity contribution >= 4 is 22.6 Å². The van der Waals surface area contributed by atoms with E-state index >= 15 is 0 Å². The first kappa shape index (κ1) is 13.1. The first-order chi connectivity index (χ1) is 7.71. The highest BCUT2D eigenvalue weighted by molar-refractivity contribution is 8.14. The lowest BCUT2D eigenvalue weighted by molar-refractivity contribution is 1.00. The summed E-state index contributed by atoms with van der Waals surface area (Å²) in [6.45, 7) is 4.70. The zero-order valence-electron chi connectivity index (χ0n) is 9.84. The summed E-state index contributed by atoms with van der Waals surface area (Å²) in [4.78, 5) is 0. The molecular weight excluding hydrogens is 218 g/mol. The van der Waals surface area contributed by atoms with Crippen LogP contribution >= 0.6 is 11.8 Å². The molecule has 0 unspecified atom stereocenters. The van der Waals surface area contributed by atoms with Crippen molar-refractivity contribution in [1.29, 1.82) is 5.41 Å². The number of nitrogens with two attached hydrogens (primary N) is 1. The van der Waals surface area contributed by atoms with Crippen LogP contribution in [0.15, 0.2) is 18.2 Å². The van der Waals surface area contributed by atoms with Gasteiger partial charge in [-0.3, -0.25) is 5.41 Å². The van der Waals surface area contributed by atoms with Crippen LogP contribution in [0.1, 0.15) is 25.0 Å². The molecular formula is C12H19N3S. The van der Waals surface area contributed by atoms with Crippen molar-refractivity contribution in [1.82, 2.24) is 0 Å². The lowest BCUT2D eigenvalue weighted by Gasteiger charge is -2.10. The van der Waals surface area contributed by atoms with E-state index in [2.05, 4.69) is 18.3 Å². The number of aryl methyl sites for hydroxylation is 1. The fraction of sp³-hybridized carbons (Fsp3) is 0.417. The molecule has 0 aromatic heterocycles. The lowest BCUT2D eigenvalue weighted by atomic mass is 10.0. The maximum atomic E-state index is 7.67. The molecule has 0 amide bonds. The van der Waals surface area contributed by atoms with Crippen molar-refractivity contribution in [2.24, 2.45) is 5.73 Å². The van der Waals surface area contributed by atoms with Crippen molar-refractivity contribution in [3.05, 3.63) is 29.3 Å². The van der Waals surface area contributed by atoms with Crippen LogP contribution in [0.4, 0.5) is 5.69 Å². The summed E-state index contributed by atoms with van der Waals surface area (Å²) in [6.07, 6.45) is 0.994. The van der Waals surface area contributed by atoms with E-state index in [-0.39, 0.29) is 0 Å². The Balaban J connectivity index is 2.78. The third-order valence-corrected chi connectivity index (χ3v) is 3.03. The summed E-state index contributed by atoms with van der Waals surface area (Å²) < 4.78 is 0. The Kier molecular flexibility index (Phi) is 5.35. The third kappa shape index (κ3) is 3.54. The Labute approximate surface area is 101 Å². The van der Waals surface area contributed by atoms with E-state index in [0.717, 1.165) is 23.4 Å². The fourth-order valence-electron chi connectivity index (χ4n) is 1.55. The zero-order valence-corrected chi connectivity index (χ0v) is 10.7. The predicted molar refractivity (Wildman–Crippen MR) is 73.2 cm³/mol. The van der Waals surface area contributed by atoms with Gasteiger partial charge in [-0.05, 0) is 35.4 Å². The predicted octanol–water partition coefficient (Wildman–Crippen LogP) is 2.81. The van der Waals surface area contributed by atoms with Gasteiger partial charge in [-0.15, -0.1) is 0 Å². The zero-order chi connectivity index (χ0) is 12.0. The SMILES string of the molecule is CCSC(=N)Nc1ccc(CC)c(CN)c1. The number of hydrogen-bond donors (Lipinski definition) is 3. The van der Waals surface area contributed by atoms with Crippen molar-refractivity contribution in [3.63, 3.8) is 0 Å². The summed E-state index contributed by atoms with van der Waals surface area (Å²) in [5.74, 6) is 0.905. The monoisotopic (exact) mass is 237 g/mol. The lowest BCUT2D eigenvalue weighted by Crippen LogP contribution is -2.08. The molecule has 0 aliphatic heterocycles. The van der Waals surface area contributed by atoms with Crippen LogP contribution in [0.2, 0.25) is 0 Å². The Morgan fingerprint density at radius 2 is 2.12 bits per heavy atom. The molecule has 0 aliphatic rings. The van der Waals surface area contributed by atoms with Crippen molar-refractivity contribution in [3.8, 4) is 0 Å². The first-order valence-corrected chi connectivity index (χ1v) is 6.50. The average molecular weight is 237 g/mol. The van der Waals surface area contributed by atoms with Crippen LogP contribution < -0.4 is 11.1 Å². The van der Waals surface area contributed by atoms with Gasteiger partial charge in [-0.25, -0.2) is 0 Å². The molecule has 0 spiro atoms. The second-order valence-electron chi connectivity index (χ2n) is 3.43. The van der Waals surface area contributed by atoms with E-state index in [1.165, 1.54) is 17.3 Å². The molecule has 88 valence electrons. The number of nitrogens with one attached hydrogen (secondary N) is 2. The Hall–Kier alpha value is -1.00. The Morgan fingerprint density at radius 3 is 2.69 bits per heavy atom. The minimum Gasteiger partial charge on any atom is -0.335 e. The van der Waals surface area contributed by atoms with Crippen molar-refractivity contribution < 1.29 is 0 Å². The molecule has 1 aromatic carbocycles. The van der Waals surface area contributed by atoms with Crippen LogP contribution in [-0.4, -0.2) is 10.9 Å². The standard InChI is InChI=1S/C12H19N3S/c1-3-9-5-6-11(7-10(9)8-13)15-12(14)16-4-2/h5-7H,3-4,8,13H2,1-2H3,(H2,14,15). The molecule has 3 nitrogen and oxygen atoms in total. The van der Waals surface area contributed by atoms with Crippen LogP contribution in [0.25, 0.3) is 0 Å². The fourth-order valence-corrected chi connectivity index (χ4v) is 2.03. The van der Waals surface area contributed by atoms with Gasteiger partial charge < -0.3 is 11.1 Å². The Morgan fingerprint density at radius 1 is 1.38 bits per heavy atom. The minimum absolute atomic E-state index is 0.481. The number of anilines is 1. The molecule has 0 bridgehead atoms. The molecule has 1 rings (SSSR count). The summed E-state index contributed by atoms with van der Waals surface area (Å²) in [5.41, 5.74) is 9.08. The third-order valence-electron chi connectivity index (χ3n) is 2.35. The van der Waals surface area contributed by atoms with Gasteiger partial charge in [0.25, 0.3) is 0 Å². The highest BCUT2D eigenvalue weighted by atomic mass is 32.2. The van der Waals surface area contributed by atoms with E-state index in [9.17, 15) is 0 Å². The Bertz CT molecular complexity index is 363. The number of rotatable bonds is 4. The molecule has 16 heavy (non-hydrogen) atoms. The quantitative estimate of drug-likeness (QED) is 0.557. The van der Waals surface area contributed by atoms with Crippen molar-refractivity contribution in [2.45, 2.75) is 26.8 Å². The van der Waals surface area contributed by atoms with E-state index in [1.54, 1.807) is 0 Å². The molecule has 0 fully saturated rings. The molecule has 0 saturated carbocycles. The van der Waals surface area contributed by atoms with Crippen LogP contribution in [-0.2, 0) is 13.0 Å². The minimum atomic E-state index is 0.481. The number of benzene rings is 1.